The number of rotatable bonds is 3. The van der Waals surface area contributed by atoms with Gasteiger partial charge in [0.25, 0.3) is 0 Å². The summed E-state index contributed by atoms with van der Waals surface area (Å²) in [5.74, 6) is 0. The van der Waals surface area contributed by atoms with Crippen molar-refractivity contribution in [2.24, 2.45) is 0 Å². The lowest BCUT2D eigenvalue weighted by molar-refractivity contribution is -0.138. The van der Waals surface area contributed by atoms with Crippen molar-refractivity contribution in [3.63, 3.8) is 0 Å². The third-order valence-corrected chi connectivity index (χ3v) is 3.75. The number of benzene rings is 1. The summed E-state index contributed by atoms with van der Waals surface area (Å²) >= 11 is 6.04. The van der Waals surface area contributed by atoms with Gasteiger partial charge in [0, 0.05) is 36.8 Å². The summed E-state index contributed by atoms with van der Waals surface area (Å²) in [4.78, 5) is 1.96. The molecule has 2 rings (SSSR count). The summed E-state index contributed by atoms with van der Waals surface area (Å²) in [5, 5.41) is 3.30. The lowest BCUT2D eigenvalue weighted by atomic mass is 9.98. The van der Waals surface area contributed by atoms with Gasteiger partial charge in [-0.15, -0.1) is 19.0 Å². The average Bonchev–Trinajstić information content (AvgIpc) is 2.41. The van der Waals surface area contributed by atoms with Crippen molar-refractivity contribution in [3.05, 3.63) is 47.0 Å². The van der Waals surface area contributed by atoms with Crippen LogP contribution >= 0.6 is 24.0 Å². The maximum Gasteiger partial charge on any atom is 0.416 e. The topological polar surface area (TPSA) is 15.3 Å². The molecule has 1 atom stereocenters. The van der Waals surface area contributed by atoms with Crippen molar-refractivity contribution in [2.45, 2.75) is 12.2 Å². The molecule has 0 saturated carbocycles. The minimum absolute atomic E-state index is 0. The Morgan fingerprint density at radius 2 is 1.90 bits per heavy atom. The molecule has 118 valence electrons. The van der Waals surface area contributed by atoms with Gasteiger partial charge in [0.2, 0.25) is 0 Å². The van der Waals surface area contributed by atoms with E-state index in [1.165, 1.54) is 18.2 Å². The molecule has 1 N–H and O–H groups in total. The van der Waals surface area contributed by atoms with Crippen LogP contribution in [-0.4, -0.2) is 31.1 Å². The van der Waals surface area contributed by atoms with Crippen LogP contribution in [0.5, 0.6) is 0 Å². The summed E-state index contributed by atoms with van der Waals surface area (Å²) in [6.45, 7) is 6.51. The minimum Gasteiger partial charge on any atom is -0.314 e. The summed E-state index contributed by atoms with van der Waals surface area (Å²) in [6, 6.07) is 3.36. The average molecular weight is 341 g/mol. The number of nitrogens with zero attached hydrogens (tertiary/aromatic N) is 1. The first kappa shape index (κ1) is 18.3. The number of hydrogen-bond acceptors (Lipinski definition) is 2. The monoisotopic (exact) mass is 340 g/mol. The summed E-state index contributed by atoms with van der Waals surface area (Å²) < 4.78 is 39.5. The standard InChI is InChI=1S/C14H16ClF3N2.ClH/c1-2-12(20-8-6-19-7-9-20)13-10(14(16,17)18)4-3-5-11(13)15;/h2-5,12,19H,1,6-9H2;1H/t12-;/m1./s1. The molecule has 0 amide bonds. The molecular formula is C14H17Cl2F3N2. The molecule has 1 saturated heterocycles. The Bertz CT molecular complexity index is 486. The summed E-state index contributed by atoms with van der Waals surface area (Å²) in [7, 11) is 0. The second-order valence-electron chi connectivity index (χ2n) is 4.67. The molecule has 1 aromatic rings. The molecule has 0 unspecified atom stereocenters. The van der Waals surface area contributed by atoms with E-state index >= 15 is 0 Å². The van der Waals surface area contributed by atoms with E-state index in [-0.39, 0.29) is 23.0 Å². The predicted molar refractivity (Wildman–Crippen MR) is 81.1 cm³/mol. The lowest BCUT2D eigenvalue weighted by Crippen LogP contribution is -2.45. The smallest absolute Gasteiger partial charge is 0.314 e. The van der Waals surface area contributed by atoms with Crippen molar-refractivity contribution in [1.29, 1.82) is 0 Å². The van der Waals surface area contributed by atoms with Crippen LogP contribution in [0.25, 0.3) is 0 Å². The van der Waals surface area contributed by atoms with Gasteiger partial charge in [-0.3, -0.25) is 4.90 Å². The molecule has 1 aromatic carbocycles. The predicted octanol–water partition coefficient (Wildman–Crippen LogP) is 3.91. The highest BCUT2D eigenvalue weighted by Gasteiger charge is 2.37. The zero-order chi connectivity index (χ0) is 14.8. The number of halogens is 5. The molecule has 1 heterocycles. The van der Waals surface area contributed by atoms with E-state index in [1.807, 2.05) is 4.90 Å². The molecule has 0 radical (unpaired) electrons. The largest absolute Gasteiger partial charge is 0.416 e. The molecule has 0 spiro atoms. The van der Waals surface area contributed by atoms with Gasteiger partial charge in [-0.1, -0.05) is 23.7 Å². The molecule has 1 aliphatic heterocycles. The highest BCUT2D eigenvalue weighted by atomic mass is 35.5. The Kier molecular flexibility index (Phi) is 6.53. The lowest BCUT2D eigenvalue weighted by Gasteiger charge is -2.35. The highest BCUT2D eigenvalue weighted by molar-refractivity contribution is 6.31. The zero-order valence-electron chi connectivity index (χ0n) is 11.3. The van der Waals surface area contributed by atoms with Crippen LogP contribution < -0.4 is 5.32 Å². The van der Waals surface area contributed by atoms with E-state index < -0.39 is 17.8 Å². The van der Waals surface area contributed by atoms with Gasteiger partial charge in [-0.2, -0.15) is 13.2 Å². The number of hydrogen-bond donors (Lipinski definition) is 1. The molecule has 1 fully saturated rings. The summed E-state index contributed by atoms with van der Waals surface area (Å²) in [6.07, 6.45) is -2.89. The number of alkyl halides is 3. The van der Waals surface area contributed by atoms with E-state index in [0.717, 1.165) is 19.2 Å². The second kappa shape index (κ2) is 7.49. The van der Waals surface area contributed by atoms with Crippen molar-refractivity contribution < 1.29 is 13.2 Å². The van der Waals surface area contributed by atoms with Gasteiger partial charge in [0.1, 0.15) is 0 Å². The minimum atomic E-state index is -4.42. The van der Waals surface area contributed by atoms with E-state index in [0.29, 0.717) is 13.1 Å². The van der Waals surface area contributed by atoms with Crippen molar-refractivity contribution in [1.82, 2.24) is 10.2 Å². The van der Waals surface area contributed by atoms with Gasteiger partial charge in [0.15, 0.2) is 0 Å². The van der Waals surface area contributed by atoms with Gasteiger partial charge >= 0.3 is 6.18 Å². The van der Waals surface area contributed by atoms with E-state index in [1.54, 1.807) is 0 Å². The van der Waals surface area contributed by atoms with Crippen LogP contribution in [0.4, 0.5) is 13.2 Å². The van der Waals surface area contributed by atoms with E-state index in [2.05, 4.69) is 11.9 Å². The molecule has 0 aromatic heterocycles. The first-order valence-electron chi connectivity index (χ1n) is 6.38. The van der Waals surface area contributed by atoms with Crippen molar-refractivity contribution >= 4 is 24.0 Å². The Morgan fingerprint density at radius 1 is 1.29 bits per heavy atom. The SMILES string of the molecule is C=C[C@H](c1c(Cl)cccc1C(F)(F)F)N1CCNCC1.Cl. The second-order valence-corrected chi connectivity index (χ2v) is 5.07. The molecule has 0 aliphatic carbocycles. The Labute approximate surface area is 133 Å². The van der Waals surface area contributed by atoms with Crippen LogP contribution in [0.2, 0.25) is 5.02 Å². The van der Waals surface area contributed by atoms with Gasteiger partial charge in [0.05, 0.1) is 11.6 Å². The van der Waals surface area contributed by atoms with Crippen LogP contribution in [0.1, 0.15) is 17.2 Å². The number of nitrogens with one attached hydrogen (secondary N) is 1. The maximum atomic E-state index is 13.2. The van der Waals surface area contributed by atoms with Crippen LogP contribution in [-0.2, 0) is 6.18 Å². The zero-order valence-corrected chi connectivity index (χ0v) is 12.9. The molecule has 0 bridgehead atoms. The van der Waals surface area contributed by atoms with E-state index in [9.17, 15) is 13.2 Å². The Morgan fingerprint density at radius 3 is 2.43 bits per heavy atom. The normalized spacial score (nSPS) is 17.9. The molecular weight excluding hydrogens is 324 g/mol. The molecule has 1 aliphatic rings. The van der Waals surface area contributed by atoms with Gasteiger partial charge in [-0.05, 0) is 12.1 Å². The fourth-order valence-corrected chi connectivity index (χ4v) is 2.78. The highest BCUT2D eigenvalue weighted by Crippen LogP contribution is 2.40. The van der Waals surface area contributed by atoms with Crippen LogP contribution in [0.3, 0.4) is 0 Å². The van der Waals surface area contributed by atoms with Crippen LogP contribution in [0, 0.1) is 0 Å². The Hall–Kier alpha value is -0.750. The fraction of sp³-hybridized carbons (Fsp3) is 0.429. The number of piperazine rings is 1. The third kappa shape index (κ3) is 4.13. The fourth-order valence-electron chi connectivity index (χ4n) is 2.49. The third-order valence-electron chi connectivity index (χ3n) is 3.42. The van der Waals surface area contributed by atoms with Gasteiger partial charge in [-0.25, -0.2) is 0 Å². The first-order chi connectivity index (χ1) is 9.45. The van der Waals surface area contributed by atoms with E-state index in [4.69, 9.17) is 11.6 Å². The van der Waals surface area contributed by atoms with Gasteiger partial charge < -0.3 is 5.32 Å². The first-order valence-corrected chi connectivity index (χ1v) is 6.76. The van der Waals surface area contributed by atoms with Crippen molar-refractivity contribution in [3.8, 4) is 0 Å². The van der Waals surface area contributed by atoms with Crippen LogP contribution in [0.15, 0.2) is 30.9 Å². The quantitative estimate of drug-likeness (QED) is 0.839. The Balaban J connectivity index is 0.00000220. The molecule has 2 nitrogen and oxygen atoms in total. The molecule has 21 heavy (non-hydrogen) atoms. The molecule has 7 heteroatoms. The van der Waals surface area contributed by atoms with Crippen molar-refractivity contribution in [2.75, 3.05) is 26.2 Å². The summed E-state index contributed by atoms with van der Waals surface area (Å²) in [5.41, 5.74) is -0.591. The maximum absolute atomic E-state index is 13.2.